The van der Waals surface area contributed by atoms with E-state index in [4.69, 9.17) is 10.5 Å². The Morgan fingerprint density at radius 3 is 2.07 bits per heavy atom. The molecule has 1 aliphatic carbocycles. The average molecular weight is 937 g/mol. The molecule has 3 aromatic carbocycles. The van der Waals surface area contributed by atoms with Crippen molar-refractivity contribution in [3.05, 3.63) is 94.5 Å². The second-order valence-electron chi connectivity index (χ2n) is 18.9. The summed E-state index contributed by atoms with van der Waals surface area (Å²) in [6.07, 6.45) is 2.67. The molecule has 1 saturated heterocycles. The van der Waals surface area contributed by atoms with Crippen molar-refractivity contribution >= 4 is 52.7 Å². The van der Waals surface area contributed by atoms with Crippen LogP contribution in [-0.4, -0.2) is 114 Å². The molecular formula is C51H68N8O9. The van der Waals surface area contributed by atoms with Crippen LogP contribution in [0.2, 0.25) is 0 Å². The molecule has 1 aliphatic heterocycles. The van der Waals surface area contributed by atoms with Gasteiger partial charge in [-0.1, -0.05) is 75.7 Å². The molecule has 8 N–H and O–H groups in total. The van der Waals surface area contributed by atoms with Crippen LogP contribution < -0.4 is 42.4 Å². The number of amides is 6. The SMILES string of the molecule is CCC[C@H](NC(=O)[C@H](Cc1ccc(OC(C)(C)C)cc1)NC(=O)[C@H](C)N)C(=O)NCC(=O)N[C@@H](CC(C)C)C(=O)N1CCC[C@H]1C(=O)NCCCNc1cccc2c1C(=O)c1ccccc1C2=O. The minimum atomic E-state index is -1.07. The van der Waals surface area contributed by atoms with E-state index in [1.165, 1.54) is 11.8 Å². The van der Waals surface area contributed by atoms with Crippen LogP contribution in [0.4, 0.5) is 5.69 Å². The van der Waals surface area contributed by atoms with Gasteiger partial charge in [-0.2, -0.15) is 0 Å². The van der Waals surface area contributed by atoms with Crippen LogP contribution in [0.3, 0.4) is 0 Å². The fourth-order valence-electron chi connectivity index (χ4n) is 8.29. The number of ether oxygens (including phenoxy) is 1. The number of nitrogens with zero attached hydrogens (tertiary/aromatic N) is 1. The van der Waals surface area contributed by atoms with E-state index in [2.05, 4.69) is 31.9 Å². The van der Waals surface area contributed by atoms with Gasteiger partial charge in [0.25, 0.3) is 0 Å². The third-order valence-electron chi connectivity index (χ3n) is 11.6. The van der Waals surface area contributed by atoms with Crippen molar-refractivity contribution in [2.45, 2.75) is 129 Å². The molecule has 0 spiro atoms. The van der Waals surface area contributed by atoms with Gasteiger partial charge in [0.05, 0.1) is 18.2 Å². The molecule has 6 amide bonds. The average Bonchev–Trinajstić information content (AvgIpc) is 3.79. The fraction of sp³-hybridized carbons (Fsp3) is 0.490. The maximum absolute atomic E-state index is 14.0. The van der Waals surface area contributed by atoms with Gasteiger partial charge >= 0.3 is 0 Å². The Balaban J connectivity index is 1.13. The van der Waals surface area contributed by atoms with Gasteiger partial charge in [0, 0.05) is 48.4 Å². The highest BCUT2D eigenvalue weighted by Crippen LogP contribution is 2.32. The topological polar surface area (TPSA) is 247 Å². The monoisotopic (exact) mass is 937 g/mol. The van der Waals surface area contributed by atoms with Crippen LogP contribution >= 0.6 is 0 Å². The minimum Gasteiger partial charge on any atom is -0.488 e. The van der Waals surface area contributed by atoms with Crippen molar-refractivity contribution in [1.82, 2.24) is 31.5 Å². The normalized spacial score (nSPS) is 16.1. The number of nitrogens with one attached hydrogen (secondary N) is 6. The summed E-state index contributed by atoms with van der Waals surface area (Å²) in [5.74, 6) is -2.92. The van der Waals surface area contributed by atoms with E-state index < -0.39 is 71.9 Å². The van der Waals surface area contributed by atoms with Crippen molar-refractivity contribution in [1.29, 1.82) is 0 Å². The standard InChI is InChI=1S/C51H68N8O9/c1-8-14-38(57-48(65)39(58-46(63)31(4)52)28-32-20-22-33(23-21-32)68-51(5,6)7)47(64)55-29-42(60)56-40(27-30(2)3)50(67)59-26-12-19-41(59)49(66)54-25-13-24-53-37-18-11-17-36-43(37)45(62)35-16-10-9-15-34(35)44(36)61/h9-11,15-18,20-23,30-31,38-41,53H,8,12-14,19,24-29,52H2,1-7H3,(H,54,66)(H,55,64)(H,56,60)(H,57,65)(H,58,63)/t31-,38-,39-,40-,41-/m0/s1. The van der Waals surface area contributed by atoms with Gasteiger partial charge in [-0.25, -0.2) is 0 Å². The first-order valence-corrected chi connectivity index (χ1v) is 23.6. The molecule has 3 aromatic rings. The zero-order valence-corrected chi connectivity index (χ0v) is 40.3. The lowest BCUT2D eigenvalue weighted by Gasteiger charge is -2.29. The summed E-state index contributed by atoms with van der Waals surface area (Å²) in [5.41, 5.74) is 8.08. The number of nitrogens with two attached hydrogens (primary N) is 1. The van der Waals surface area contributed by atoms with E-state index in [0.29, 0.717) is 72.5 Å². The second-order valence-corrected chi connectivity index (χ2v) is 18.9. The van der Waals surface area contributed by atoms with Crippen LogP contribution in [-0.2, 0) is 35.2 Å². The van der Waals surface area contributed by atoms with Gasteiger partial charge in [-0.05, 0) is 89.5 Å². The fourth-order valence-corrected chi connectivity index (χ4v) is 8.29. The first-order valence-electron chi connectivity index (χ1n) is 23.6. The maximum atomic E-state index is 14.0. The lowest BCUT2D eigenvalue weighted by Crippen LogP contribution is -2.57. The first kappa shape index (κ1) is 52.4. The molecular weight excluding hydrogens is 869 g/mol. The van der Waals surface area contributed by atoms with Crippen LogP contribution in [0.5, 0.6) is 5.75 Å². The molecule has 0 unspecified atom stereocenters. The molecule has 0 saturated carbocycles. The minimum absolute atomic E-state index is 0.00537. The number of carbonyl (C=O) groups excluding carboxylic acids is 8. The predicted octanol–water partition coefficient (Wildman–Crippen LogP) is 3.56. The molecule has 1 heterocycles. The molecule has 0 radical (unpaired) electrons. The van der Waals surface area contributed by atoms with Crippen molar-refractivity contribution < 1.29 is 43.1 Å². The molecule has 5 rings (SSSR count). The summed E-state index contributed by atoms with van der Waals surface area (Å²) in [4.78, 5) is 109. The van der Waals surface area contributed by atoms with E-state index in [1.54, 1.807) is 66.7 Å². The van der Waals surface area contributed by atoms with Crippen LogP contribution in [0.25, 0.3) is 0 Å². The van der Waals surface area contributed by atoms with Crippen molar-refractivity contribution in [2.75, 3.05) is 31.5 Å². The largest absolute Gasteiger partial charge is 0.488 e. The number of hydrogen-bond acceptors (Lipinski definition) is 11. The molecule has 0 bridgehead atoms. The molecule has 1 fully saturated rings. The van der Waals surface area contributed by atoms with Gasteiger partial charge < -0.3 is 47.3 Å². The quantitative estimate of drug-likeness (QED) is 0.0562. The Kier molecular flexibility index (Phi) is 18.4. The summed E-state index contributed by atoms with van der Waals surface area (Å²) in [7, 11) is 0. The number of hydrogen-bond donors (Lipinski definition) is 7. The smallest absolute Gasteiger partial charge is 0.245 e. The van der Waals surface area contributed by atoms with Crippen LogP contribution in [0, 0.1) is 5.92 Å². The third kappa shape index (κ3) is 14.2. The van der Waals surface area contributed by atoms with E-state index in [-0.39, 0.29) is 49.2 Å². The molecule has 0 aromatic heterocycles. The second kappa shape index (κ2) is 23.9. The van der Waals surface area contributed by atoms with E-state index in [9.17, 15) is 38.4 Å². The van der Waals surface area contributed by atoms with Crippen molar-refractivity contribution in [2.24, 2.45) is 11.7 Å². The zero-order valence-electron chi connectivity index (χ0n) is 40.3. The van der Waals surface area contributed by atoms with Gasteiger partial charge in [0.15, 0.2) is 11.6 Å². The molecule has 5 atom stereocenters. The number of benzene rings is 3. The summed E-state index contributed by atoms with van der Waals surface area (Å²) in [5, 5.41) is 17.0. The molecule has 17 nitrogen and oxygen atoms in total. The summed E-state index contributed by atoms with van der Waals surface area (Å²) >= 11 is 0. The number of carbonyl (C=O) groups is 8. The summed E-state index contributed by atoms with van der Waals surface area (Å²) < 4.78 is 5.90. The number of fused-ring (bicyclic) bond motifs is 2. The lowest BCUT2D eigenvalue weighted by atomic mass is 9.83. The van der Waals surface area contributed by atoms with E-state index >= 15 is 0 Å². The molecule has 17 heteroatoms. The highest BCUT2D eigenvalue weighted by atomic mass is 16.5. The predicted molar refractivity (Wildman–Crippen MR) is 258 cm³/mol. The van der Waals surface area contributed by atoms with Gasteiger partial charge in [-0.15, -0.1) is 0 Å². The number of rotatable bonds is 22. The highest BCUT2D eigenvalue weighted by molar-refractivity contribution is 6.30. The first-order chi connectivity index (χ1) is 32.3. The lowest BCUT2D eigenvalue weighted by molar-refractivity contribution is -0.141. The highest BCUT2D eigenvalue weighted by Gasteiger charge is 2.38. The maximum Gasteiger partial charge on any atom is 0.245 e. The van der Waals surface area contributed by atoms with Crippen LogP contribution in [0.15, 0.2) is 66.7 Å². The Bertz CT molecular complexity index is 2320. The number of ketones is 2. The Labute approximate surface area is 398 Å². The van der Waals surface area contributed by atoms with E-state index in [0.717, 1.165) is 5.56 Å². The zero-order chi connectivity index (χ0) is 49.7. The Morgan fingerprint density at radius 1 is 0.765 bits per heavy atom. The Hall–Kier alpha value is -6.62. The van der Waals surface area contributed by atoms with Crippen molar-refractivity contribution in [3.63, 3.8) is 0 Å². The summed E-state index contributed by atoms with van der Waals surface area (Å²) in [6, 6.07) is 14.3. The molecule has 68 heavy (non-hydrogen) atoms. The summed E-state index contributed by atoms with van der Waals surface area (Å²) in [6.45, 7) is 13.5. The molecule has 366 valence electrons. The number of likely N-dealkylation sites (tertiary alicyclic amines) is 1. The molecule has 2 aliphatic rings. The van der Waals surface area contributed by atoms with Crippen LogP contribution in [0.1, 0.15) is 124 Å². The Morgan fingerprint density at radius 2 is 1.43 bits per heavy atom. The van der Waals surface area contributed by atoms with Gasteiger partial charge in [0.2, 0.25) is 35.4 Å². The van der Waals surface area contributed by atoms with E-state index in [1.807, 2.05) is 41.5 Å². The third-order valence-corrected chi connectivity index (χ3v) is 11.6. The number of anilines is 1. The van der Waals surface area contributed by atoms with Crippen molar-refractivity contribution in [3.8, 4) is 5.75 Å². The van der Waals surface area contributed by atoms with Gasteiger partial charge in [0.1, 0.15) is 35.5 Å². The van der Waals surface area contributed by atoms with Gasteiger partial charge in [-0.3, -0.25) is 38.4 Å².